The standard InChI is InChI=1S/C3H4N2.C2H3.Ag/c1-2-5-3-4-1;1-2;/h1,3H,2H2;1H,2H2;/q;-1;+1. The number of hydrogen-bond acceptors (Lipinski definition) is 2. The van der Waals surface area contributed by atoms with Crippen LogP contribution in [0.15, 0.2) is 16.6 Å². The van der Waals surface area contributed by atoms with Crippen LogP contribution in [0.4, 0.5) is 0 Å². The van der Waals surface area contributed by atoms with Crippen LogP contribution >= 0.6 is 0 Å². The van der Waals surface area contributed by atoms with Crippen LogP contribution in [0.5, 0.6) is 0 Å². The van der Waals surface area contributed by atoms with Gasteiger partial charge in [0, 0.05) is 6.21 Å². The van der Waals surface area contributed by atoms with Crippen LogP contribution < -0.4 is 0 Å². The Labute approximate surface area is 64.9 Å². The molecule has 0 radical (unpaired) electrons. The number of hydrogen-bond donors (Lipinski definition) is 0. The fraction of sp³-hybridized carbons (Fsp3) is 0.200. The third-order valence-electron chi connectivity index (χ3n) is 0.441. The molecule has 0 aliphatic carbocycles. The van der Waals surface area contributed by atoms with Gasteiger partial charge in [0.15, 0.2) is 0 Å². The maximum absolute atomic E-state index is 4.25. The van der Waals surface area contributed by atoms with Crippen molar-refractivity contribution < 1.29 is 22.4 Å². The molecule has 3 heteroatoms. The molecule has 1 heterocycles. The average molecular weight is 203 g/mol. The van der Waals surface area contributed by atoms with E-state index >= 15 is 0 Å². The first-order valence-corrected chi connectivity index (χ1v) is 1.91. The molecule has 48 valence electrons. The third-order valence-corrected chi connectivity index (χ3v) is 0.441. The molecule has 0 bridgehead atoms. The Morgan fingerprint density at radius 2 is 2.12 bits per heavy atom. The summed E-state index contributed by atoms with van der Waals surface area (Å²) < 4.78 is 0. The average Bonchev–Trinajstić information content (AvgIpc) is 2.23. The van der Waals surface area contributed by atoms with Gasteiger partial charge in [0.25, 0.3) is 0 Å². The summed E-state index contributed by atoms with van der Waals surface area (Å²) in [5, 5.41) is 0. The Balaban J connectivity index is 0. The smallest absolute Gasteiger partial charge is 0.521 e. The first kappa shape index (κ1) is 10.7. The van der Waals surface area contributed by atoms with Gasteiger partial charge in [0.2, 0.25) is 0 Å². The van der Waals surface area contributed by atoms with Crippen LogP contribution in [0.1, 0.15) is 0 Å². The summed E-state index contributed by atoms with van der Waals surface area (Å²) in [5.41, 5.74) is 0. The second-order valence-electron chi connectivity index (χ2n) is 0.812. The fourth-order valence-corrected chi connectivity index (χ4v) is 0.236. The summed E-state index contributed by atoms with van der Waals surface area (Å²) >= 11 is 0. The molecule has 1 rings (SSSR count). The van der Waals surface area contributed by atoms with E-state index in [0.29, 0.717) is 0 Å². The molecule has 1 aliphatic rings. The van der Waals surface area contributed by atoms with E-state index in [1.54, 1.807) is 12.6 Å². The van der Waals surface area contributed by atoms with Gasteiger partial charge in [-0.05, 0) is 0 Å². The summed E-state index contributed by atoms with van der Waals surface area (Å²) in [7, 11) is 0. The molecule has 8 heavy (non-hydrogen) atoms. The molecule has 0 aromatic carbocycles. The van der Waals surface area contributed by atoms with Crippen molar-refractivity contribution in [3.63, 3.8) is 0 Å². The maximum atomic E-state index is 4.25. The largest absolute Gasteiger partial charge is 1.00 e. The van der Waals surface area contributed by atoms with E-state index in [1.165, 1.54) is 0 Å². The van der Waals surface area contributed by atoms with Gasteiger partial charge in [-0.15, -0.1) is 0 Å². The van der Waals surface area contributed by atoms with E-state index in [9.17, 15) is 0 Å². The van der Waals surface area contributed by atoms with E-state index in [0.717, 1.165) is 6.54 Å². The SMILES string of the molecule is C1=NC=NC1.[Ag+].[CH-]=C. The van der Waals surface area contributed by atoms with Crippen molar-refractivity contribution in [3.8, 4) is 0 Å². The zero-order valence-electron chi connectivity index (χ0n) is 4.34. The Morgan fingerprint density at radius 3 is 2.25 bits per heavy atom. The molecule has 0 atom stereocenters. The maximum Gasteiger partial charge on any atom is 1.00 e. The van der Waals surface area contributed by atoms with Gasteiger partial charge in [0.05, 0.1) is 6.54 Å². The van der Waals surface area contributed by atoms with Crippen molar-refractivity contribution in [1.82, 2.24) is 0 Å². The van der Waals surface area contributed by atoms with Crippen molar-refractivity contribution in [1.29, 1.82) is 0 Å². The molecule has 0 fully saturated rings. The minimum absolute atomic E-state index is 0. The van der Waals surface area contributed by atoms with Crippen LogP contribution in [0.2, 0.25) is 0 Å². The molecule has 0 aromatic rings. The van der Waals surface area contributed by atoms with E-state index in [1.807, 2.05) is 0 Å². The van der Waals surface area contributed by atoms with Crippen molar-refractivity contribution in [2.75, 3.05) is 6.54 Å². The van der Waals surface area contributed by atoms with Crippen molar-refractivity contribution >= 4 is 12.6 Å². The van der Waals surface area contributed by atoms with Crippen molar-refractivity contribution in [2.45, 2.75) is 0 Å². The van der Waals surface area contributed by atoms with E-state index in [4.69, 9.17) is 0 Å². The van der Waals surface area contributed by atoms with Crippen LogP contribution in [0, 0.1) is 6.58 Å². The number of rotatable bonds is 0. The zero-order chi connectivity index (χ0) is 5.54. The van der Waals surface area contributed by atoms with E-state index < -0.39 is 0 Å². The van der Waals surface area contributed by atoms with Crippen molar-refractivity contribution in [2.24, 2.45) is 9.98 Å². The Morgan fingerprint density at radius 1 is 1.50 bits per heavy atom. The molecule has 0 aromatic heterocycles. The first-order valence-electron chi connectivity index (χ1n) is 1.91. The van der Waals surface area contributed by atoms with Gasteiger partial charge < -0.3 is 6.58 Å². The molecule has 0 spiro atoms. The predicted octanol–water partition coefficient (Wildman–Crippen LogP) is 0.702. The molecule has 0 saturated heterocycles. The second kappa shape index (κ2) is 9.94. The number of aliphatic imine (C=N–C) groups is 2. The first-order chi connectivity index (χ1) is 3.50. The summed E-state index contributed by atoms with van der Waals surface area (Å²) in [6.07, 6.45) is 3.32. The van der Waals surface area contributed by atoms with Crippen molar-refractivity contribution in [3.05, 3.63) is 13.2 Å². The summed E-state index contributed by atoms with van der Waals surface area (Å²) in [6.45, 7) is 7.78. The van der Waals surface area contributed by atoms with Gasteiger partial charge >= 0.3 is 22.4 Å². The van der Waals surface area contributed by atoms with Crippen LogP contribution in [0.25, 0.3) is 0 Å². The normalized spacial score (nSPS) is 11.5. The Hall–Kier alpha value is -0.180. The molecule has 0 amide bonds. The third kappa shape index (κ3) is 5.82. The van der Waals surface area contributed by atoms with E-state index in [-0.39, 0.29) is 22.4 Å². The minimum atomic E-state index is 0. The molecule has 0 saturated carbocycles. The van der Waals surface area contributed by atoms with Gasteiger partial charge in [-0.1, -0.05) is 0 Å². The van der Waals surface area contributed by atoms with Gasteiger partial charge in [-0.25, -0.2) is 4.99 Å². The predicted molar refractivity (Wildman–Crippen MR) is 31.8 cm³/mol. The quantitative estimate of drug-likeness (QED) is 0.409. The van der Waals surface area contributed by atoms with Crippen LogP contribution in [0.3, 0.4) is 0 Å². The Bertz CT molecular complexity index is 78.4. The molecular formula is C5H7AgN2. The fourth-order valence-electron chi connectivity index (χ4n) is 0.236. The molecule has 0 N–H and O–H groups in total. The minimum Gasteiger partial charge on any atom is -0.521 e. The molecule has 0 unspecified atom stereocenters. The second-order valence-corrected chi connectivity index (χ2v) is 0.812. The van der Waals surface area contributed by atoms with Gasteiger partial charge in [-0.3, -0.25) is 11.6 Å². The van der Waals surface area contributed by atoms with Gasteiger partial charge in [-0.2, -0.15) is 0 Å². The topological polar surface area (TPSA) is 24.7 Å². The summed E-state index contributed by atoms with van der Waals surface area (Å²) in [4.78, 5) is 7.40. The van der Waals surface area contributed by atoms with Gasteiger partial charge in [0.1, 0.15) is 6.34 Å². The molecule has 2 nitrogen and oxygen atoms in total. The zero-order valence-corrected chi connectivity index (χ0v) is 5.82. The summed E-state index contributed by atoms with van der Waals surface area (Å²) in [5.74, 6) is 0. The number of nitrogens with zero attached hydrogens (tertiary/aromatic N) is 2. The molecule has 1 aliphatic heterocycles. The molecular weight excluding hydrogens is 196 g/mol. The van der Waals surface area contributed by atoms with Crippen LogP contribution in [-0.4, -0.2) is 19.1 Å². The van der Waals surface area contributed by atoms with E-state index in [2.05, 4.69) is 23.1 Å². The van der Waals surface area contributed by atoms with Crippen LogP contribution in [-0.2, 0) is 22.4 Å². The Kier molecular flexibility index (Phi) is 13.3. The monoisotopic (exact) mass is 202 g/mol. The summed E-state index contributed by atoms with van der Waals surface area (Å²) in [6, 6.07) is 0.